The van der Waals surface area contributed by atoms with Gasteiger partial charge in [-0.1, -0.05) is 138 Å². The van der Waals surface area contributed by atoms with Gasteiger partial charge in [0, 0.05) is 31.1 Å². The molecule has 9 N–H and O–H groups in total. The van der Waals surface area contributed by atoms with Gasteiger partial charge in [-0.25, -0.2) is 9.13 Å². The van der Waals surface area contributed by atoms with Gasteiger partial charge in [-0.3, -0.25) is 28.0 Å². The van der Waals surface area contributed by atoms with Crippen LogP contribution in [-0.4, -0.2) is 131 Å². The number of carbonyl (C=O) groups is 3. The molecule has 0 aromatic rings. The minimum Gasteiger partial charge on any atom is -0.462 e. The van der Waals surface area contributed by atoms with Crippen LogP contribution in [0.3, 0.4) is 0 Å². The standard InChI is InChI=1S/C51H84O19P2/c1-3-5-7-8-9-10-11-12-13-14-15-16-17-18-19-20-21-22-28-32-45(56)68-39-36-66-44(55)31-27-24-23-26-30-40-42(53)35-43(54)41(34-33-38(52)29-25-6-4-2)47(58)50(69-71(61,62)63)51(49(60)48(59)46(40)57)70-72(64,65)67-37-39/h9-10,12-13,15-16,18-19,21-22,33-34,38-41,43,46-52,54,57-60H,3-8,11,14,17,20,23-32,35-37H2,1-2H3,(H,64,65)(H2,61,62,63)/b10-9-,13-12-,16-15-,19-18-,22-21-,34-33+/t38-,39+,40-,41-,43+,46+,47+,48-,49+,50+,51-/m0/s1. The zero-order valence-electron chi connectivity index (χ0n) is 42.0. The van der Waals surface area contributed by atoms with E-state index in [1.54, 1.807) is 6.08 Å². The van der Waals surface area contributed by atoms with Crippen LogP contribution in [0, 0.1) is 11.8 Å². The predicted molar refractivity (Wildman–Crippen MR) is 270 cm³/mol. The normalized spacial score (nSPS) is 30.1. The number of unbranched alkanes of at least 4 members (excludes halogenated alkanes) is 5. The van der Waals surface area contributed by atoms with Crippen molar-refractivity contribution in [2.75, 3.05) is 13.2 Å². The van der Waals surface area contributed by atoms with Crippen molar-refractivity contribution in [2.45, 2.75) is 204 Å². The molecular weight excluding hydrogens is 978 g/mol. The zero-order chi connectivity index (χ0) is 53.4. The van der Waals surface area contributed by atoms with Gasteiger partial charge in [-0.15, -0.1) is 0 Å². The molecular formula is C51H84O19P2. The van der Waals surface area contributed by atoms with Crippen LogP contribution in [0.1, 0.15) is 149 Å². The first-order chi connectivity index (χ1) is 34.3. The summed E-state index contributed by atoms with van der Waals surface area (Å²) in [7, 11) is -11.5. The monoisotopic (exact) mass is 1060 g/mol. The molecule has 2 bridgehead atoms. The minimum atomic E-state index is -5.79. The van der Waals surface area contributed by atoms with Gasteiger partial charge in [-0.2, -0.15) is 0 Å². The van der Waals surface area contributed by atoms with Crippen LogP contribution >= 0.6 is 15.6 Å². The third-order valence-electron chi connectivity index (χ3n) is 12.2. The Morgan fingerprint density at radius 2 is 1.35 bits per heavy atom. The molecule has 0 aromatic heterocycles. The molecule has 1 saturated heterocycles. The second kappa shape index (κ2) is 36.9. The molecule has 72 heavy (non-hydrogen) atoms. The lowest BCUT2D eigenvalue weighted by Gasteiger charge is -2.38. The third kappa shape index (κ3) is 28.1. The molecule has 1 aliphatic heterocycles. The highest BCUT2D eigenvalue weighted by molar-refractivity contribution is 7.47. The number of esters is 2. The number of allylic oxidation sites excluding steroid dienone is 10. The van der Waals surface area contributed by atoms with E-state index in [4.69, 9.17) is 23.0 Å². The number of ether oxygens (including phenoxy) is 2. The van der Waals surface area contributed by atoms with Gasteiger partial charge in [-0.05, 0) is 64.2 Å². The topological polar surface area (TPSA) is 314 Å². The molecule has 0 amide bonds. The summed E-state index contributed by atoms with van der Waals surface area (Å²) in [5.74, 6) is -5.62. The van der Waals surface area contributed by atoms with Gasteiger partial charge < -0.3 is 54.8 Å². The molecule has 0 spiro atoms. The van der Waals surface area contributed by atoms with Crippen LogP contribution in [0.5, 0.6) is 0 Å². The van der Waals surface area contributed by atoms with E-state index in [-0.39, 0.29) is 38.5 Å². The van der Waals surface area contributed by atoms with Gasteiger partial charge in [0.05, 0.1) is 31.0 Å². The van der Waals surface area contributed by atoms with E-state index in [0.717, 1.165) is 44.6 Å². The number of phosphoric acid groups is 2. The number of fused-ring (bicyclic) bond motifs is 4. The van der Waals surface area contributed by atoms with Crippen LogP contribution in [-0.2, 0) is 46.6 Å². The Labute approximate surface area is 425 Å². The summed E-state index contributed by atoms with van der Waals surface area (Å²) in [6.07, 6.45) is 13.8. The van der Waals surface area contributed by atoms with E-state index < -0.39 is 120 Å². The number of aliphatic hydroxyl groups excluding tert-OH is 6. The maximum atomic E-state index is 13.8. The van der Waals surface area contributed by atoms with Crippen molar-refractivity contribution in [3.63, 3.8) is 0 Å². The summed E-state index contributed by atoms with van der Waals surface area (Å²) in [6.45, 7) is 2.48. The van der Waals surface area contributed by atoms with Gasteiger partial charge in [0.1, 0.15) is 36.8 Å². The smallest absolute Gasteiger partial charge is 0.462 e. The molecule has 1 aliphatic carbocycles. The predicted octanol–water partition coefficient (Wildman–Crippen LogP) is 6.98. The second-order valence-corrected chi connectivity index (χ2v) is 20.9. The van der Waals surface area contributed by atoms with Gasteiger partial charge in [0.15, 0.2) is 6.10 Å². The SMILES string of the molecule is CCCCC/C=C\C/C=C\C/C=C\C/C=C\C/C=C\CCC(=O)O[C@@H]1COC(=O)CCCCCC[C@H]2C(=O)C[C@@H](O)[C@H](/C=C/[C@@H](O)CCCCC)[C@@H](O)[C@@H](OP(=O)(O)O)[C@@H](OP(=O)(O)OC1)[C@H](O)[C@@H](O)[C@@H]2O. The molecule has 21 heteroatoms. The van der Waals surface area contributed by atoms with Crippen LogP contribution in [0.15, 0.2) is 72.9 Å². The molecule has 1 heterocycles. The fourth-order valence-electron chi connectivity index (χ4n) is 8.09. The molecule has 2 fully saturated rings. The number of hydrogen-bond donors (Lipinski definition) is 9. The van der Waals surface area contributed by atoms with Gasteiger partial charge in [0.25, 0.3) is 0 Å². The molecule has 2 rings (SSSR count). The highest BCUT2D eigenvalue weighted by Gasteiger charge is 2.51. The Balaban J connectivity index is 2.30. The van der Waals surface area contributed by atoms with Crippen LogP contribution in [0.4, 0.5) is 0 Å². The third-order valence-corrected chi connectivity index (χ3v) is 13.7. The van der Waals surface area contributed by atoms with Crippen LogP contribution in [0.25, 0.3) is 0 Å². The highest BCUT2D eigenvalue weighted by atomic mass is 31.2. The second-order valence-electron chi connectivity index (χ2n) is 18.3. The summed E-state index contributed by atoms with van der Waals surface area (Å²) < 4.78 is 52.2. The summed E-state index contributed by atoms with van der Waals surface area (Å²) in [5, 5.41) is 68.3. The number of carbonyl (C=O) groups excluding carboxylic acids is 3. The van der Waals surface area contributed by atoms with Crippen LogP contribution < -0.4 is 0 Å². The Hall–Kier alpha value is -2.97. The molecule has 2 aliphatic rings. The van der Waals surface area contributed by atoms with E-state index in [1.807, 2.05) is 25.2 Å². The van der Waals surface area contributed by atoms with E-state index >= 15 is 0 Å². The summed E-state index contributed by atoms with van der Waals surface area (Å²) in [4.78, 5) is 70.6. The number of phosphoric ester groups is 2. The van der Waals surface area contributed by atoms with E-state index in [9.17, 15) is 68.8 Å². The fourth-order valence-corrected chi connectivity index (χ4v) is 9.62. The number of ketones is 1. The number of cyclic esters (lactones) is 1. The number of Topliss-reactive ketones (excluding diaryl/α,β-unsaturated/α-hetero) is 1. The van der Waals surface area contributed by atoms with E-state index in [1.165, 1.54) is 25.3 Å². The average molecular weight is 1060 g/mol. The Kier molecular flexibility index (Phi) is 33.4. The minimum absolute atomic E-state index is 0.0807. The number of hydrogen-bond acceptors (Lipinski definition) is 16. The fraction of sp³-hybridized carbons (Fsp3) is 0.706. The molecule has 1 saturated carbocycles. The van der Waals surface area contributed by atoms with Gasteiger partial charge in [0.2, 0.25) is 0 Å². The number of rotatable bonds is 24. The maximum Gasteiger partial charge on any atom is 0.472 e. The van der Waals surface area contributed by atoms with E-state index in [2.05, 4.69) is 43.4 Å². The highest BCUT2D eigenvalue weighted by Crippen LogP contribution is 2.49. The summed E-state index contributed by atoms with van der Waals surface area (Å²) in [5.41, 5.74) is 0. The largest absolute Gasteiger partial charge is 0.472 e. The zero-order valence-corrected chi connectivity index (χ0v) is 43.8. The molecule has 1 unspecified atom stereocenters. The van der Waals surface area contributed by atoms with Gasteiger partial charge >= 0.3 is 27.6 Å². The lowest BCUT2D eigenvalue weighted by atomic mass is 9.83. The molecule has 0 radical (unpaired) electrons. The maximum absolute atomic E-state index is 13.8. The molecule has 412 valence electrons. The quantitative estimate of drug-likeness (QED) is 0.0204. The van der Waals surface area contributed by atoms with Crippen molar-refractivity contribution < 1.29 is 91.9 Å². The first kappa shape index (κ1) is 65.1. The number of aliphatic hydroxyl groups is 6. The first-order valence-electron chi connectivity index (χ1n) is 25.6. The summed E-state index contributed by atoms with van der Waals surface area (Å²) in [6, 6.07) is 0. The van der Waals surface area contributed by atoms with Crippen molar-refractivity contribution in [2.24, 2.45) is 11.8 Å². The first-order valence-corrected chi connectivity index (χ1v) is 28.6. The molecule has 0 aromatic carbocycles. The lowest BCUT2D eigenvalue weighted by Crippen LogP contribution is -2.56. The molecule has 12 atom stereocenters. The Bertz CT molecular complexity index is 1830. The van der Waals surface area contributed by atoms with Crippen LogP contribution in [0.2, 0.25) is 0 Å². The average Bonchev–Trinajstić information content (AvgIpc) is 3.32. The lowest BCUT2D eigenvalue weighted by molar-refractivity contribution is -0.165. The van der Waals surface area contributed by atoms with Crippen molar-refractivity contribution in [1.82, 2.24) is 0 Å². The molecule has 19 nitrogen and oxygen atoms in total. The van der Waals surface area contributed by atoms with Crippen molar-refractivity contribution in [3.8, 4) is 0 Å². The summed E-state index contributed by atoms with van der Waals surface area (Å²) >= 11 is 0. The Morgan fingerprint density at radius 3 is 1.96 bits per heavy atom. The van der Waals surface area contributed by atoms with Crippen molar-refractivity contribution in [1.29, 1.82) is 0 Å². The van der Waals surface area contributed by atoms with E-state index in [0.29, 0.717) is 32.1 Å². The van der Waals surface area contributed by atoms with Crippen molar-refractivity contribution in [3.05, 3.63) is 72.9 Å². The Morgan fingerprint density at radius 1 is 0.764 bits per heavy atom. The van der Waals surface area contributed by atoms with Crippen molar-refractivity contribution >= 4 is 33.4 Å².